The van der Waals surface area contributed by atoms with Gasteiger partial charge in [0.2, 0.25) is 29.5 Å². The fourth-order valence-corrected chi connectivity index (χ4v) is 9.50. The molecule has 1 rings (SSSR count). The number of Topliss-reactive ketones (excluding diaryl/α,β-unsaturated/α-hetero) is 1. The van der Waals surface area contributed by atoms with Crippen LogP contribution >= 0.6 is 0 Å². The minimum atomic E-state index is -1.68. The molecule has 3 radical (unpaired) electrons. The third kappa shape index (κ3) is 38.6. The molecule has 92 heavy (non-hydrogen) atoms. The van der Waals surface area contributed by atoms with Crippen LogP contribution in [0.4, 0.5) is 0 Å². The van der Waals surface area contributed by atoms with Crippen molar-refractivity contribution in [2.24, 2.45) is 11.3 Å². The Morgan fingerprint density at radius 1 is 0.467 bits per heavy atom. The van der Waals surface area contributed by atoms with Gasteiger partial charge in [-0.1, -0.05) is 33.6 Å². The Morgan fingerprint density at radius 3 is 1.12 bits per heavy atom. The molecule has 37 heteroatoms. The molecule has 1 heterocycles. The van der Waals surface area contributed by atoms with E-state index in [1.54, 1.807) is 20.8 Å². The average Bonchev–Trinajstić information content (AvgIpc) is 1.76. The van der Waals surface area contributed by atoms with E-state index in [0.29, 0.717) is 6.42 Å². The van der Waals surface area contributed by atoms with E-state index < -0.39 is 184 Å². The maximum absolute atomic E-state index is 13.9. The van der Waals surface area contributed by atoms with Crippen LogP contribution in [0, 0.1) is 11.3 Å². The Morgan fingerprint density at radius 2 is 0.804 bits per heavy atom. The average molecular weight is 1450 g/mol. The van der Waals surface area contributed by atoms with Crippen molar-refractivity contribution in [1.82, 2.24) is 35.6 Å². The fourth-order valence-electron chi connectivity index (χ4n) is 9.50. The van der Waals surface area contributed by atoms with E-state index in [4.69, 9.17) is 14.2 Å². The van der Waals surface area contributed by atoms with E-state index in [0.717, 1.165) is 19.6 Å². The first-order chi connectivity index (χ1) is 41.7. The van der Waals surface area contributed by atoms with Crippen molar-refractivity contribution in [2.75, 3.05) is 98.5 Å². The monoisotopic (exact) mass is 1450 g/mol. The molecule has 0 aromatic rings. The van der Waals surface area contributed by atoms with E-state index in [1.165, 1.54) is 0 Å². The van der Waals surface area contributed by atoms with Crippen molar-refractivity contribution in [1.29, 1.82) is 0 Å². The topological polar surface area (TPSA) is 515 Å². The van der Waals surface area contributed by atoms with Gasteiger partial charge in [-0.15, -0.1) is 0 Å². The molecule has 4 unspecified atom stereocenters. The summed E-state index contributed by atoms with van der Waals surface area (Å²) in [6.07, 6.45) is -0.154. The van der Waals surface area contributed by atoms with E-state index in [1.807, 2.05) is 0 Å². The molecular formula is C55H87N7Ni3O27+9. The second-order valence-electron chi connectivity index (χ2n) is 22.5. The molecule has 0 spiro atoms. The van der Waals surface area contributed by atoms with E-state index in [9.17, 15) is 118 Å². The number of carbonyl (C=O) groups excluding carboxylic acids is 6. The van der Waals surface area contributed by atoms with Crippen molar-refractivity contribution < 1.29 is 182 Å². The number of unbranched alkanes of at least 4 members (excludes halogenated alkanes) is 4. The van der Waals surface area contributed by atoms with Crippen LogP contribution in [0.25, 0.3) is 0 Å². The molecule has 5 amide bonds. The number of hydrogen-bond acceptors (Lipinski definition) is 21. The van der Waals surface area contributed by atoms with Crippen LogP contribution in [0.3, 0.4) is 0 Å². The summed E-state index contributed by atoms with van der Waals surface area (Å²) in [6.45, 7) is -2.12. The van der Waals surface area contributed by atoms with E-state index >= 15 is 0 Å². The van der Waals surface area contributed by atoms with Gasteiger partial charge in [0.15, 0.2) is 0 Å². The first-order valence-corrected chi connectivity index (χ1v) is 28.8. The van der Waals surface area contributed by atoms with Gasteiger partial charge in [0.25, 0.3) is 0 Å². The molecule has 34 nitrogen and oxygen atoms in total. The first-order valence-electron chi connectivity index (χ1n) is 28.8. The maximum atomic E-state index is 13.9. The van der Waals surface area contributed by atoms with Crippen LogP contribution < -0.4 is 16.0 Å². The van der Waals surface area contributed by atoms with Gasteiger partial charge >= 0.3 is 103 Å². The van der Waals surface area contributed by atoms with Crippen molar-refractivity contribution in [3.05, 3.63) is 0 Å². The summed E-state index contributed by atoms with van der Waals surface area (Å²) in [5.41, 5.74) is -2.25. The number of carboxylic acids is 9. The summed E-state index contributed by atoms with van der Waals surface area (Å²) < 4.78 is 17.8. The van der Waals surface area contributed by atoms with Crippen LogP contribution in [-0.4, -0.2) is 277 Å². The largest absolute Gasteiger partial charge is 3.00 e. The number of rotatable bonds is 53. The second kappa shape index (κ2) is 47.6. The predicted octanol–water partition coefficient (Wildman–Crippen LogP) is -1.27. The fraction of sp³-hybridized carbons (Fsp3) is 0.727. The Labute approximate surface area is 560 Å². The van der Waals surface area contributed by atoms with Gasteiger partial charge in [-0.3, -0.25) is 91.5 Å². The van der Waals surface area contributed by atoms with Crippen molar-refractivity contribution >= 4 is 89.0 Å². The van der Waals surface area contributed by atoms with Crippen LogP contribution in [-0.2, 0) is 136 Å². The predicted molar refractivity (Wildman–Crippen MR) is 303 cm³/mol. The number of amides is 5. The van der Waals surface area contributed by atoms with Crippen LogP contribution in [0.5, 0.6) is 0 Å². The Hall–Kier alpha value is -6.31. The number of aliphatic carboxylic acids is 9. The summed E-state index contributed by atoms with van der Waals surface area (Å²) in [5.74, 6) is -16.6. The van der Waals surface area contributed by atoms with Gasteiger partial charge in [-0.05, 0) is 56.8 Å². The molecule has 1 aliphatic rings. The molecule has 0 bridgehead atoms. The molecule has 0 aliphatic carbocycles. The molecule has 1 saturated heterocycles. The number of likely N-dealkylation sites (tertiary alicyclic amines) is 1. The number of imide groups is 1. The second-order valence-corrected chi connectivity index (χ2v) is 22.5. The summed E-state index contributed by atoms with van der Waals surface area (Å²) in [7, 11) is 0. The summed E-state index contributed by atoms with van der Waals surface area (Å²) >= 11 is 0. The third-order valence-electron chi connectivity index (χ3n) is 14.0. The standard InChI is InChI=1S/C55H87N7O27.3Ni/c1-54(2,3)36-25-43(67)62(50(36)80)21-15-42(66)58-55(32-87-22-16-35(63)11-5-4-6-12-37(51(81)82)59(26-44(68)69)27-45(70)71,33-88-23-17-40(64)56-19-9-7-13-38(52(83)84)60(28-46(72)73)29-47(74)75)34-89-24-18-41(65)57-20-10-8-14-39(53(85)86)61(30-48(76)77)31-49(78)79;;;/h36-39H,4-34H2,1-3H3,(H,56,64)(H,57,65)(H,58,66)(H,68,69)(H,70,71)(H,72,73)(H,74,75)(H,76,77)(H,78,79)(H,81,82)(H,83,84)(H,85,86);;;/q;3*+3. The molecule has 1 aliphatic heterocycles. The molecule has 525 valence electrons. The number of nitrogens with zero attached hydrogens (tertiary/aromatic N) is 4. The summed E-state index contributed by atoms with van der Waals surface area (Å²) in [5, 5.41) is 92.1. The molecular weight excluding hydrogens is 1370 g/mol. The van der Waals surface area contributed by atoms with Gasteiger partial charge < -0.3 is 76.1 Å². The van der Waals surface area contributed by atoms with Gasteiger partial charge in [0.05, 0.1) is 84.8 Å². The number of carbonyl (C=O) groups is 15. The van der Waals surface area contributed by atoms with Gasteiger partial charge in [-0.2, -0.15) is 0 Å². The van der Waals surface area contributed by atoms with Crippen molar-refractivity contribution in [3.63, 3.8) is 0 Å². The Kier molecular flexibility index (Phi) is 46.5. The van der Waals surface area contributed by atoms with Crippen LogP contribution in [0.15, 0.2) is 0 Å². The SMILES string of the molecule is CC(C)(C)C1CC(=O)N(CCC(=O)NC(COCCC(=O)CCCCCC(C(=O)O)N(CC(=O)O)CC(=O)O)(COCCC(=O)NCCCCC(C(=O)O)N(CC(=O)O)CC(=O)O)COCCC(=O)NCCCCC(C(=O)O)N(CC(=O)O)CC(=O)O)C1=O.[Ni+3].[Ni+3].[Ni+3]. The zero-order valence-electron chi connectivity index (χ0n) is 51.3. The number of carboxylic acid groups (broad SMARTS) is 9. The molecule has 12 N–H and O–H groups in total. The molecule has 0 aromatic heterocycles. The number of ketones is 1. The molecule has 1 fully saturated rings. The molecule has 0 aromatic carbocycles. The zero-order chi connectivity index (χ0) is 67.4. The maximum Gasteiger partial charge on any atom is 3.00 e. The summed E-state index contributed by atoms with van der Waals surface area (Å²) in [6, 6.07) is -4.31. The number of ether oxygens (including phenoxy) is 3. The molecule has 4 atom stereocenters. The zero-order valence-corrected chi connectivity index (χ0v) is 54.3. The van der Waals surface area contributed by atoms with E-state index in [-0.39, 0.29) is 185 Å². The minimum Gasteiger partial charge on any atom is -0.480 e. The summed E-state index contributed by atoms with van der Waals surface area (Å²) in [4.78, 5) is 186. The van der Waals surface area contributed by atoms with Crippen LogP contribution in [0.2, 0.25) is 0 Å². The first kappa shape index (κ1) is 89.9. The quantitative estimate of drug-likeness (QED) is 0.0192. The van der Waals surface area contributed by atoms with E-state index in [2.05, 4.69) is 16.0 Å². The van der Waals surface area contributed by atoms with Gasteiger partial charge in [-0.25, -0.2) is 0 Å². The number of hydrogen-bond donors (Lipinski definition) is 12. The Balaban J connectivity index is -0.0000264. The van der Waals surface area contributed by atoms with Crippen LogP contribution in [0.1, 0.15) is 124 Å². The molecule has 0 saturated carbocycles. The van der Waals surface area contributed by atoms with Crippen molar-refractivity contribution in [3.8, 4) is 0 Å². The van der Waals surface area contributed by atoms with Gasteiger partial charge in [0, 0.05) is 58.2 Å². The Bertz CT molecular complexity index is 2200. The minimum absolute atomic E-state index is 0. The van der Waals surface area contributed by atoms with Gasteiger partial charge in [0.1, 0.15) is 29.4 Å². The third-order valence-corrected chi connectivity index (χ3v) is 14.0. The smallest absolute Gasteiger partial charge is 0.480 e. The normalized spacial score (nSPS) is 14.5. The number of nitrogens with one attached hydrogen (secondary N) is 3. The van der Waals surface area contributed by atoms with Crippen molar-refractivity contribution in [2.45, 2.75) is 147 Å².